The number of ether oxygens (including phenoxy) is 1. The molecule has 0 radical (unpaired) electrons. The molecular formula is C14H18N2O2S2. The van der Waals surface area contributed by atoms with Crippen molar-refractivity contribution in [3.8, 4) is 0 Å². The van der Waals surface area contributed by atoms with E-state index < -0.39 is 11.6 Å². The summed E-state index contributed by atoms with van der Waals surface area (Å²) in [6.45, 7) is 5.49. The normalized spacial score (nSPS) is 13.4. The van der Waals surface area contributed by atoms with E-state index >= 15 is 0 Å². The van der Waals surface area contributed by atoms with Gasteiger partial charge in [-0.2, -0.15) is 0 Å². The Morgan fingerprint density at radius 1 is 1.45 bits per heavy atom. The summed E-state index contributed by atoms with van der Waals surface area (Å²) in [4.78, 5) is 16.3. The van der Waals surface area contributed by atoms with Crippen LogP contribution >= 0.6 is 23.1 Å². The molecule has 0 spiro atoms. The molecule has 2 N–H and O–H groups in total. The highest BCUT2D eigenvalue weighted by Crippen LogP contribution is 2.29. The van der Waals surface area contributed by atoms with E-state index in [1.54, 1.807) is 11.3 Å². The van der Waals surface area contributed by atoms with Gasteiger partial charge in [0.05, 0.1) is 10.2 Å². The number of hydrogen-bond donors (Lipinski definition) is 1. The Hall–Kier alpha value is -1.11. The smallest absolute Gasteiger partial charge is 0.324 e. The molecule has 6 heteroatoms. The van der Waals surface area contributed by atoms with Crippen LogP contribution in [0.5, 0.6) is 0 Å². The molecule has 0 aliphatic rings. The third-order valence-corrected chi connectivity index (χ3v) is 4.67. The lowest BCUT2D eigenvalue weighted by atomic mass is 10.2. The maximum atomic E-state index is 11.8. The Kier molecular flexibility index (Phi) is 4.67. The highest BCUT2D eigenvalue weighted by molar-refractivity contribution is 8.01. The predicted molar refractivity (Wildman–Crippen MR) is 84.2 cm³/mol. The zero-order valence-electron chi connectivity index (χ0n) is 11.8. The Labute approximate surface area is 126 Å². The number of carbonyl (C=O) groups is 1. The number of thiazole rings is 1. The number of rotatable bonds is 4. The molecule has 0 bridgehead atoms. The van der Waals surface area contributed by atoms with Crippen LogP contribution in [0.4, 0.5) is 0 Å². The van der Waals surface area contributed by atoms with Gasteiger partial charge in [0.1, 0.15) is 11.6 Å². The number of fused-ring (bicyclic) bond motifs is 1. The topological polar surface area (TPSA) is 65.2 Å². The summed E-state index contributed by atoms with van der Waals surface area (Å²) >= 11 is 3.10. The van der Waals surface area contributed by atoms with Gasteiger partial charge in [0.2, 0.25) is 0 Å². The lowest BCUT2D eigenvalue weighted by Crippen LogP contribution is -2.39. The number of benzene rings is 1. The first kappa shape index (κ1) is 15.3. The molecule has 108 valence electrons. The van der Waals surface area contributed by atoms with Gasteiger partial charge in [-0.3, -0.25) is 4.79 Å². The average molecular weight is 310 g/mol. The molecule has 1 aromatic carbocycles. The molecule has 0 aliphatic carbocycles. The van der Waals surface area contributed by atoms with Crippen molar-refractivity contribution in [2.75, 3.05) is 5.75 Å². The van der Waals surface area contributed by atoms with Gasteiger partial charge in [-0.15, -0.1) is 11.3 Å². The minimum atomic E-state index is -0.633. The summed E-state index contributed by atoms with van der Waals surface area (Å²) in [5.41, 5.74) is 6.32. The Morgan fingerprint density at radius 2 is 2.15 bits per heavy atom. The molecule has 0 amide bonds. The van der Waals surface area contributed by atoms with E-state index in [-0.39, 0.29) is 5.97 Å². The predicted octanol–water partition coefficient (Wildman–Crippen LogP) is 3.06. The second-order valence-corrected chi connectivity index (χ2v) is 7.70. The summed E-state index contributed by atoms with van der Waals surface area (Å²) in [5.74, 6) is 0.0977. The minimum absolute atomic E-state index is 0.369. The Balaban J connectivity index is 1.93. The summed E-state index contributed by atoms with van der Waals surface area (Å²) in [6.07, 6.45) is 0. The van der Waals surface area contributed by atoms with Crippen LogP contribution in [0.2, 0.25) is 0 Å². The van der Waals surface area contributed by atoms with Crippen LogP contribution in [0.15, 0.2) is 28.6 Å². The number of aromatic nitrogens is 1. The molecule has 1 atom stereocenters. The second-order valence-electron chi connectivity index (χ2n) is 5.40. The third-order valence-electron chi connectivity index (χ3n) is 2.37. The van der Waals surface area contributed by atoms with Crippen LogP contribution in [0.25, 0.3) is 10.2 Å². The Bertz CT molecular complexity index is 571. The van der Waals surface area contributed by atoms with Gasteiger partial charge in [0.15, 0.2) is 4.34 Å². The minimum Gasteiger partial charge on any atom is -0.459 e. The molecule has 0 saturated heterocycles. The molecule has 1 heterocycles. The number of nitrogens with zero attached hydrogens (tertiary/aromatic N) is 1. The number of para-hydroxylation sites is 1. The van der Waals surface area contributed by atoms with Crippen molar-refractivity contribution in [3.63, 3.8) is 0 Å². The first-order valence-electron chi connectivity index (χ1n) is 6.32. The van der Waals surface area contributed by atoms with E-state index in [1.165, 1.54) is 11.8 Å². The van der Waals surface area contributed by atoms with Crippen LogP contribution in [-0.2, 0) is 9.53 Å². The zero-order valence-corrected chi connectivity index (χ0v) is 13.4. The van der Waals surface area contributed by atoms with E-state index in [0.717, 1.165) is 14.6 Å². The van der Waals surface area contributed by atoms with Gasteiger partial charge >= 0.3 is 5.97 Å². The van der Waals surface area contributed by atoms with Gasteiger partial charge in [-0.25, -0.2) is 4.98 Å². The second kappa shape index (κ2) is 6.11. The van der Waals surface area contributed by atoms with Gasteiger partial charge < -0.3 is 10.5 Å². The van der Waals surface area contributed by atoms with Crippen LogP contribution in [0.1, 0.15) is 20.8 Å². The average Bonchev–Trinajstić information content (AvgIpc) is 2.76. The highest BCUT2D eigenvalue weighted by Gasteiger charge is 2.22. The summed E-state index contributed by atoms with van der Waals surface area (Å²) < 4.78 is 7.31. The third kappa shape index (κ3) is 4.19. The molecule has 2 rings (SSSR count). The molecule has 0 saturated carbocycles. The standard InChI is InChI=1S/C14H18N2O2S2/c1-14(2,3)18-12(17)9(15)8-19-13-16-10-6-4-5-7-11(10)20-13/h4-7,9H,8,15H2,1-3H3. The van der Waals surface area contributed by atoms with Crippen LogP contribution in [0.3, 0.4) is 0 Å². The quantitative estimate of drug-likeness (QED) is 0.694. The summed E-state index contributed by atoms with van der Waals surface area (Å²) in [6, 6.07) is 7.32. The zero-order chi connectivity index (χ0) is 14.8. The highest BCUT2D eigenvalue weighted by atomic mass is 32.2. The lowest BCUT2D eigenvalue weighted by molar-refractivity contribution is -0.155. The molecule has 2 aromatic rings. The molecule has 1 aromatic heterocycles. The molecule has 4 nitrogen and oxygen atoms in total. The van der Waals surface area contributed by atoms with Crippen molar-refractivity contribution in [1.29, 1.82) is 0 Å². The monoisotopic (exact) mass is 310 g/mol. The maximum Gasteiger partial charge on any atom is 0.324 e. The van der Waals surface area contributed by atoms with Crippen molar-refractivity contribution < 1.29 is 9.53 Å². The lowest BCUT2D eigenvalue weighted by Gasteiger charge is -2.21. The summed E-state index contributed by atoms with van der Waals surface area (Å²) in [5, 5.41) is 0. The number of carbonyl (C=O) groups excluding carboxylic acids is 1. The Morgan fingerprint density at radius 3 is 2.80 bits per heavy atom. The molecule has 0 fully saturated rings. The largest absolute Gasteiger partial charge is 0.459 e. The molecule has 20 heavy (non-hydrogen) atoms. The molecular weight excluding hydrogens is 292 g/mol. The fourth-order valence-electron chi connectivity index (χ4n) is 1.52. The van der Waals surface area contributed by atoms with Crippen molar-refractivity contribution in [2.45, 2.75) is 36.8 Å². The fourth-order valence-corrected chi connectivity index (χ4v) is 3.55. The van der Waals surface area contributed by atoms with Crippen molar-refractivity contribution in [2.24, 2.45) is 5.73 Å². The number of hydrogen-bond acceptors (Lipinski definition) is 6. The van der Waals surface area contributed by atoms with Gasteiger partial charge in [-0.1, -0.05) is 23.9 Å². The molecule has 0 aliphatic heterocycles. The van der Waals surface area contributed by atoms with E-state index in [4.69, 9.17) is 10.5 Å². The SMILES string of the molecule is CC(C)(C)OC(=O)C(N)CSc1nc2ccccc2s1. The van der Waals surface area contributed by atoms with Crippen molar-refractivity contribution in [1.82, 2.24) is 4.98 Å². The maximum absolute atomic E-state index is 11.8. The van der Waals surface area contributed by atoms with E-state index in [2.05, 4.69) is 4.98 Å². The first-order chi connectivity index (χ1) is 9.35. The first-order valence-corrected chi connectivity index (χ1v) is 8.12. The van der Waals surface area contributed by atoms with Crippen LogP contribution in [0, 0.1) is 0 Å². The van der Waals surface area contributed by atoms with Crippen LogP contribution in [-0.4, -0.2) is 28.3 Å². The summed E-state index contributed by atoms with van der Waals surface area (Å²) in [7, 11) is 0. The fraction of sp³-hybridized carbons (Fsp3) is 0.429. The van der Waals surface area contributed by atoms with E-state index in [9.17, 15) is 4.79 Å². The number of nitrogens with two attached hydrogens (primary N) is 1. The van der Waals surface area contributed by atoms with Gasteiger partial charge in [0.25, 0.3) is 0 Å². The van der Waals surface area contributed by atoms with E-state index in [0.29, 0.717) is 5.75 Å². The van der Waals surface area contributed by atoms with Gasteiger partial charge in [-0.05, 0) is 32.9 Å². The molecule has 1 unspecified atom stereocenters. The van der Waals surface area contributed by atoms with Crippen molar-refractivity contribution >= 4 is 39.3 Å². The van der Waals surface area contributed by atoms with E-state index in [1.807, 2.05) is 45.0 Å². The number of esters is 1. The van der Waals surface area contributed by atoms with Crippen molar-refractivity contribution in [3.05, 3.63) is 24.3 Å². The van der Waals surface area contributed by atoms with Gasteiger partial charge in [0, 0.05) is 5.75 Å². The number of thioether (sulfide) groups is 1. The van der Waals surface area contributed by atoms with Crippen LogP contribution < -0.4 is 5.73 Å².